The molecular weight excluding hydrogens is 272 g/mol. The first-order chi connectivity index (χ1) is 8.99. The molecule has 100 valence electrons. The van der Waals surface area contributed by atoms with Crippen molar-refractivity contribution in [2.45, 2.75) is 11.6 Å². The minimum absolute atomic E-state index is 0.00766. The Labute approximate surface area is 108 Å². The molecule has 19 heavy (non-hydrogen) atoms. The highest BCUT2D eigenvalue weighted by molar-refractivity contribution is 7.89. The van der Waals surface area contributed by atoms with Crippen LogP contribution < -0.4 is 4.72 Å². The van der Waals surface area contributed by atoms with Crippen molar-refractivity contribution >= 4 is 16.0 Å². The van der Waals surface area contributed by atoms with Gasteiger partial charge < -0.3 is 9.52 Å². The number of aromatic carboxylic acids is 1. The van der Waals surface area contributed by atoms with E-state index < -0.39 is 26.8 Å². The fourth-order valence-electron chi connectivity index (χ4n) is 1.32. The topological polar surface area (TPSA) is 110 Å². The van der Waals surface area contributed by atoms with Crippen LogP contribution in [0.4, 0.5) is 0 Å². The van der Waals surface area contributed by atoms with Crippen molar-refractivity contribution in [3.05, 3.63) is 48.0 Å². The van der Waals surface area contributed by atoms with E-state index in [-0.39, 0.29) is 6.54 Å². The van der Waals surface area contributed by atoms with Gasteiger partial charge in [0.25, 0.3) is 10.0 Å². The lowest BCUT2D eigenvalue weighted by Gasteiger charge is -2.03. The highest BCUT2D eigenvalue weighted by Gasteiger charge is 2.20. The molecule has 0 aliphatic heterocycles. The van der Waals surface area contributed by atoms with Crippen molar-refractivity contribution in [1.29, 1.82) is 0 Å². The summed E-state index contributed by atoms with van der Waals surface area (Å²) in [5.74, 6) is -1.76. The number of hydrogen-bond donors (Lipinski definition) is 2. The zero-order chi connectivity index (χ0) is 13.9. The van der Waals surface area contributed by atoms with E-state index in [9.17, 15) is 13.2 Å². The van der Waals surface area contributed by atoms with Gasteiger partial charge in [-0.3, -0.25) is 4.98 Å². The Balaban J connectivity index is 2.12. The maximum absolute atomic E-state index is 11.8. The molecule has 0 bridgehead atoms. The number of sulfonamides is 1. The second kappa shape index (κ2) is 5.21. The van der Waals surface area contributed by atoms with Gasteiger partial charge in [0.2, 0.25) is 10.9 Å². The van der Waals surface area contributed by atoms with Crippen LogP contribution in [-0.2, 0) is 16.6 Å². The fraction of sp³-hybridized carbons (Fsp3) is 0.0909. The molecule has 7 nitrogen and oxygen atoms in total. The average Bonchev–Trinajstić information content (AvgIpc) is 2.88. The molecule has 0 amide bonds. The largest absolute Gasteiger partial charge is 0.475 e. The van der Waals surface area contributed by atoms with Crippen molar-refractivity contribution in [2.24, 2.45) is 0 Å². The predicted molar refractivity (Wildman–Crippen MR) is 63.9 cm³/mol. The van der Waals surface area contributed by atoms with Gasteiger partial charge >= 0.3 is 5.97 Å². The van der Waals surface area contributed by atoms with Crippen LogP contribution in [0.15, 0.2) is 46.0 Å². The van der Waals surface area contributed by atoms with Gasteiger partial charge in [-0.1, -0.05) is 6.07 Å². The Morgan fingerprint density at radius 3 is 2.68 bits per heavy atom. The number of nitrogens with zero attached hydrogens (tertiary/aromatic N) is 1. The normalized spacial score (nSPS) is 11.4. The van der Waals surface area contributed by atoms with Crippen molar-refractivity contribution in [1.82, 2.24) is 9.71 Å². The van der Waals surface area contributed by atoms with E-state index in [1.54, 1.807) is 24.4 Å². The number of pyridine rings is 1. The summed E-state index contributed by atoms with van der Waals surface area (Å²) in [4.78, 5) is 14.6. The first-order valence-corrected chi connectivity index (χ1v) is 6.70. The lowest BCUT2D eigenvalue weighted by atomic mass is 10.4. The van der Waals surface area contributed by atoms with E-state index in [0.717, 1.165) is 12.1 Å². The van der Waals surface area contributed by atoms with E-state index in [4.69, 9.17) is 9.52 Å². The maximum atomic E-state index is 11.8. The van der Waals surface area contributed by atoms with Crippen molar-refractivity contribution in [3.8, 4) is 0 Å². The molecule has 0 aliphatic rings. The first-order valence-electron chi connectivity index (χ1n) is 5.22. The summed E-state index contributed by atoms with van der Waals surface area (Å²) in [7, 11) is -3.89. The minimum atomic E-state index is -3.89. The summed E-state index contributed by atoms with van der Waals surface area (Å²) >= 11 is 0. The Hall–Kier alpha value is -2.19. The molecule has 8 heteroatoms. The second-order valence-corrected chi connectivity index (χ2v) is 5.27. The van der Waals surface area contributed by atoms with Gasteiger partial charge in [-0.2, -0.15) is 0 Å². The Morgan fingerprint density at radius 1 is 1.32 bits per heavy atom. The van der Waals surface area contributed by atoms with Crippen molar-refractivity contribution < 1.29 is 22.7 Å². The van der Waals surface area contributed by atoms with Crippen LogP contribution in [0.2, 0.25) is 0 Å². The molecule has 0 fully saturated rings. The lowest BCUT2D eigenvalue weighted by molar-refractivity contribution is 0.0656. The molecule has 2 aromatic rings. The SMILES string of the molecule is O=C(O)c1ccc(S(=O)(=O)NCc2ccccn2)o1. The minimum Gasteiger partial charge on any atom is -0.475 e. The molecule has 2 N–H and O–H groups in total. The van der Waals surface area contributed by atoms with Crippen LogP contribution in [0.5, 0.6) is 0 Å². The van der Waals surface area contributed by atoms with Gasteiger partial charge in [-0.15, -0.1) is 0 Å². The van der Waals surface area contributed by atoms with Crippen LogP contribution in [0.1, 0.15) is 16.2 Å². The summed E-state index contributed by atoms with van der Waals surface area (Å²) in [6, 6.07) is 7.27. The van der Waals surface area contributed by atoms with E-state index in [0.29, 0.717) is 5.69 Å². The highest BCUT2D eigenvalue weighted by Crippen LogP contribution is 2.14. The monoisotopic (exact) mass is 282 g/mol. The van der Waals surface area contributed by atoms with Gasteiger partial charge in [0.15, 0.2) is 0 Å². The van der Waals surface area contributed by atoms with Crippen LogP contribution in [0, 0.1) is 0 Å². The number of nitrogens with one attached hydrogen (secondary N) is 1. The third-order valence-electron chi connectivity index (χ3n) is 2.23. The number of furan rings is 1. The molecule has 0 saturated carbocycles. The third kappa shape index (κ3) is 3.18. The van der Waals surface area contributed by atoms with E-state index in [1.807, 2.05) is 0 Å². The van der Waals surface area contributed by atoms with Gasteiger partial charge in [0.1, 0.15) is 0 Å². The number of carboxylic acids is 1. The standard InChI is InChI=1S/C11H10N2O5S/c14-11(15)9-4-5-10(18-9)19(16,17)13-7-8-3-1-2-6-12-8/h1-6,13H,7H2,(H,14,15). The molecule has 2 aromatic heterocycles. The van der Waals surface area contributed by atoms with E-state index in [2.05, 4.69) is 9.71 Å². The predicted octanol–water partition coefficient (Wildman–Crippen LogP) is 0.851. The molecule has 2 heterocycles. The van der Waals surface area contributed by atoms with Crippen LogP contribution in [-0.4, -0.2) is 24.5 Å². The lowest BCUT2D eigenvalue weighted by Crippen LogP contribution is -2.23. The summed E-state index contributed by atoms with van der Waals surface area (Å²) < 4.78 is 30.6. The van der Waals surface area contributed by atoms with Gasteiger partial charge in [0.05, 0.1) is 12.2 Å². The van der Waals surface area contributed by atoms with Gasteiger partial charge in [-0.25, -0.2) is 17.9 Å². The smallest absolute Gasteiger partial charge is 0.371 e. The van der Waals surface area contributed by atoms with E-state index in [1.165, 1.54) is 0 Å². The molecule has 0 atom stereocenters. The maximum Gasteiger partial charge on any atom is 0.371 e. The number of hydrogen-bond acceptors (Lipinski definition) is 5. The highest BCUT2D eigenvalue weighted by atomic mass is 32.2. The number of carbonyl (C=O) groups is 1. The molecule has 0 aromatic carbocycles. The summed E-state index contributed by atoms with van der Waals surface area (Å²) in [6.07, 6.45) is 1.54. The van der Waals surface area contributed by atoms with Crippen LogP contribution in [0.25, 0.3) is 0 Å². The molecular formula is C11H10N2O5S. The van der Waals surface area contributed by atoms with Crippen molar-refractivity contribution in [2.75, 3.05) is 0 Å². The molecule has 0 radical (unpaired) electrons. The molecule has 2 rings (SSSR count). The fourth-order valence-corrected chi connectivity index (χ4v) is 2.25. The summed E-state index contributed by atoms with van der Waals surface area (Å²) in [6.45, 7) is -0.00766. The molecule has 0 spiro atoms. The Bertz CT molecular complexity index is 678. The quantitative estimate of drug-likeness (QED) is 0.841. The van der Waals surface area contributed by atoms with Crippen molar-refractivity contribution in [3.63, 3.8) is 0 Å². The van der Waals surface area contributed by atoms with Gasteiger partial charge in [-0.05, 0) is 24.3 Å². The van der Waals surface area contributed by atoms with E-state index >= 15 is 0 Å². The number of carboxylic acid groups (broad SMARTS) is 1. The second-order valence-electron chi connectivity index (χ2n) is 3.57. The molecule has 0 unspecified atom stereocenters. The molecule has 0 aliphatic carbocycles. The third-order valence-corrected chi connectivity index (χ3v) is 3.50. The number of rotatable bonds is 5. The summed E-state index contributed by atoms with van der Waals surface area (Å²) in [5, 5.41) is 8.21. The van der Waals surface area contributed by atoms with Crippen LogP contribution in [0.3, 0.4) is 0 Å². The zero-order valence-corrected chi connectivity index (χ0v) is 10.4. The van der Waals surface area contributed by atoms with Crippen LogP contribution >= 0.6 is 0 Å². The molecule has 0 saturated heterocycles. The average molecular weight is 282 g/mol. The zero-order valence-electron chi connectivity index (χ0n) is 9.61. The summed E-state index contributed by atoms with van der Waals surface area (Å²) in [5.41, 5.74) is 0.538. The Morgan fingerprint density at radius 2 is 2.11 bits per heavy atom. The van der Waals surface area contributed by atoms with Gasteiger partial charge in [0, 0.05) is 6.20 Å². The first kappa shape index (κ1) is 13.2. The number of aromatic nitrogens is 1. The Kier molecular flexibility index (Phi) is 3.63.